The van der Waals surface area contributed by atoms with Gasteiger partial charge in [0, 0.05) is 14.1 Å². The molecule has 1 aromatic carbocycles. The zero-order valence-electron chi connectivity index (χ0n) is 18.8. The molecule has 2 N–H and O–H groups in total. The monoisotopic (exact) mass is 490 g/mol. The fourth-order valence-corrected chi connectivity index (χ4v) is 8.40. The lowest BCUT2D eigenvalue weighted by atomic mass is 9.53. The number of rotatable bonds is 4. The van der Waals surface area contributed by atoms with Gasteiger partial charge in [-0.25, -0.2) is 14.8 Å². The number of carbonyl (C=O) groups excluding carboxylic acids is 1. The molecule has 2 amide bonds. The Morgan fingerprint density at radius 3 is 2.00 bits per heavy atom. The van der Waals surface area contributed by atoms with E-state index in [4.69, 9.17) is 9.97 Å². The van der Waals surface area contributed by atoms with Gasteiger partial charge >= 0.3 is 6.03 Å². The van der Waals surface area contributed by atoms with Crippen LogP contribution in [0.25, 0.3) is 32.2 Å². The number of nitrogens with one attached hydrogen (secondary N) is 2. The Hall–Kier alpha value is -2.77. The van der Waals surface area contributed by atoms with Gasteiger partial charge in [0.05, 0.1) is 20.8 Å². The molecule has 4 aliphatic carbocycles. The summed E-state index contributed by atoms with van der Waals surface area (Å²) in [6.07, 6.45) is 7.53. The van der Waals surface area contributed by atoms with E-state index in [9.17, 15) is 4.79 Å². The zero-order chi connectivity index (χ0) is 22.7. The molecule has 7 heteroatoms. The molecule has 8 rings (SSSR count). The van der Waals surface area contributed by atoms with E-state index in [1.165, 1.54) is 19.3 Å². The van der Waals surface area contributed by atoms with Gasteiger partial charge in [-0.15, -0.1) is 22.7 Å². The SMILES string of the molecule is O=C(Nc1ccc2nc(-c3cccs3)c(-c3cccs3)nc2c1)NC12CC3CC(CC(C3)C1)C2.[HH].[HH]. The van der Waals surface area contributed by atoms with Gasteiger partial charge in [0.1, 0.15) is 11.4 Å². The van der Waals surface area contributed by atoms with E-state index >= 15 is 0 Å². The third kappa shape index (κ3) is 3.62. The molecular weight excluding hydrogens is 460 g/mol. The average Bonchev–Trinajstić information content (AvgIpc) is 3.51. The fraction of sp³-hybridized carbons (Fsp3) is 0.370. The molecule has 176 valence electrons. The van der Waals surface area contributed by atoms with Crippen molar-refractivity contribution in [3.63, 3.8) is 0 Å². The number of benzene rings is 1. The topological polar surface area (TPSA) is 66.9 Å². The number of hydrogen-bond acceptors (Lipinski definition) is 5. The minimum absolute atomic E-state index is 0. The first-order valence-corrected chi connectivity index (χ1v) is 13.9. The molecule has 4 aromatic rings. The molecule has 5 nitrogen and oxygen atoms in total. The standard InChI is InChI=1S/C27H26N4OS2.2H2/c32-26(31-27-13-16-9-17(14-27)11-18(10-16)15-27)28-19-5-6-20-21(12-19)30-25(23-4-2-8-34-23)24(29-20)22-3-1-7-33-22;;/h1-8,12,16-18H,9-11,13-15H2,(H2,28,31,32);2*1H. The summed E-state index contributed by atoms with van der Waals surface area (Å²) in [6.45, 7) is 0. The van der Waals surface area contributed by atoms with E-state index in [2.05, 4.69) is 33.5 Å². The van der Waals surface area contributed by atoms with Gasteiger partial charge in [0.2, 0.25) is 0 Å². The Morgan fingerprint density at radius 1 is 0.853 bits per heavy atom. The van der Waals surface area contributed by atoms with Crippen molar-refractivity contribution < 1.29 is 7.65 Å². The second-order valence-corrected chi connectivity index (χ2v) is 12.3. The van der Waals surface area contributed by atoms with Crippen molar-refractivity contribution in [3.8, 4) is 21.1 Å². The Kier molecular flexibility index (Phi) is 4.78. The van der Waals surface area contributed by atoms with Crippen LogP contribution >= 0.6 is 22.7 Å². The lowest BCUT2D eigenvalue weighted by Gasteiger charge is -2.56. The number of nitrogens with zero attached hydrogens (tertiary/aromatic N) is 2. The molecule has 4 saturated carbocycles. The highest BCUT2D eigenvalue weighted by molar-refractivity contribution is 7.14. The molecule has 0 aliphatic heterocycles. The number of amides is 2. The summed E-state index contributed by atoms with van der Waals surface area (Å²) in [4.78, 5) is 25.2. The van der Waals surface area contributed by atoms with Gasteiger partial charge in [-0.3, -0.25) is 0 Å². The normalized spacial score (nSPS) is 27.2. The van der Waals surface area contributed by atoms with Gasteiger partial charge in [-0.2, -0.15) is 0 Å². The van der Waals surface area contributed by atoms with Crippen LogP contribution in [0.4, 0.5) is 10.5 Å². The Labute approximate surface area is 209 Å². The minimum atomic E-state index is -0.0945. The van der Waals surface area contributed by atoms with Crippen LogP contribution in [-0.4, -0.2) is 21.5 Å². The van der Waals surface area contributed by atoms with Crippen LogP contribution in [0.2, 0.25) is 0 Å². The summed E-state index contributed by atoms with van der Waals surface area (Å²) >= 11 is 3.33. The molecule has 3 aromatic heterocycles. The molecule has 4 bridgehead atoms. The molecule has 4 fully saturated rings. The maximum Gasteiger partial charge on any atom is 0.319 e. The van der Waals surface area contributed by atoms with Crippen molar-refractivity contribution in [2.24, 2.45) is 17.8 Å². The molecule has 0 atom stereocenters. The van der Waals surface area contributed by atoms with Crippen LogP contribution in [-0.2, 0) is 0 Å². The van der Waals surface area contributed by atoms with Crippen LogP contribution in [0.3, 0.4) is 0 Å². The van der Waals surface area contributed by atoms with Crippen LogP contribution in [0.5, 0.6) is 0 Å². The summed E-state index contributed by atoms with van der Waals surface area (Å²) in [6, 6.07) is 14.0. The summed E-state index contributed by atoms with van der Waals surface area (Å²) in [5.74, 6) is 2.40. The number of carbonyl (C=O) groups is 1. The van der Waals surface area contributed by atoms with Crippen molar-refractivity contribution in [2.75, 3.05) is 5.32 Å². The van der Waals surface area contributed by atoms with Gasteiger partial charge in [0.25, 0.3) is 0 Å². The molecular formula is C27H30N4OS2. The summed E-state index contributed by atoms with van der Waals surface area (Å²) in [5.41, 5.74) is 4.17. The number of hydrogen-bond donors (Lipinski definition) is 2. The van der Waals surface area contributed by atoms with Crippen LogP contribution in [0.1, 0.15) is 41.4 Å². The smallest absolute Gasteiger partial charge is 0.319 e. The second kappa shape index (κ2) is 7.89. The predicted molar refractivity (Wildman–Crippen MR) is 143 cm³/mol. The first kappa shape index (κ1) is 20.6. The van der Waals surface area contributed by atoms with E-state index in [1.54, 1.807) is 22.7 Å². The van der Waals surface area contributed by atoms with E-state index in [0.717, 1.165) is 74.9 Å². The number of fused-ring (bicyclic) bond motifs is 1. The van der Waals surface area contributed by atoms with Crippen molar-refractivity contribution in [1.82, 2.24) is 15.3 Å². The minimum Gasteiger partial charge on any atom is -0.332 e. The molecule has 0 saturated heterocycles. The molecule has 0 spiro atoms. The van der Waals surface area contributed by atoms with Crippen molar-refractivity contribution in [2.45, 2.75) is 44.1 Å². The van der Waals surface area contributed by atoms with Crippen molar-refractivity contribution >= 4 is 45.4 Å². The van der Waals surface area contributed by atoms with E-state index in [-0.39, 0.29) is 14.4 Å². The van der Waals surface area contributed by atoms with Crippen LogP contribution < -0.4 is 10.6 Å². The van der Waals surface area contributed by atoms with Crippen molar-refractivity contribution in [3.05, 3.63) is 53.2 Å². The van der Waals surface area contributed by atoms with E-state index < -0.39 is 0 Å². The third-order valence-electron chi connectivity index (χ3n) is 7.85. The zero-order valence-corrected chi connectivity index (χ0v) is 20.4. The van der Waals surface area contributed by atoms with Gasteiger partial charge in [-0.05, 0) is 97.4 Å². The second-order valence-electron chi connectivity index (χ2n) is 10.4. The van der Waals surface area contributed by atoms with E-state index in [1.807, 2.05) is 30.3 Å². The Balaban J connectivity index is 0.00000133. The molecule has 0 radical (unpaired) electrons. The lowest BCUT2D eigenvalue weighted by molar-refractivity contribution is -0.0127. The number of aromatic nitrogens is 2. The summed E-state index contributed by atoms with van der Waals surface area (Å²) in [7, 11) is 0. The third-order valence-corrected chi connectivity index (χ3v) is 9.60. The number of thiophene rings is 2. The Bertz CT molecular complexity index is 1340. The molecule has 4 aliphatic rings. The lowest BCUT2D eigenvalue weighted by Crippen LogP contribution is -2.60. The van der Waals surface area contributed by atoms with Gasteiger partial charge in [0.15, 0.2) is 0 Å². The predicted octanol–water partition coefficient (Wildman–Crippen LogP) is 7.67. The average molecular weight is 491 g/mol. The molecule has 0 unspecified atom stereocenters. The highest BCUT2D eigenvalue weighted by atomic mass is 32.1. The largest absolute Gasteiger partial charge is 0.332 e. The quantitative estimate of drug-likeness (QED) is 0.308. The number of anilines is 1. The molecule has 3 heterocycles. The Morgan fingerprint density at radius 2 is 1.44 bits per heavy atom. The van der Waals surface area contributed by atoms with Crippen LogP contribution in [0, 0.1) is 17.8 Å². The van der Waals surface area contributed by atoms with Crippen molar-refractivity contribution in [1.29, 1.82) is 0 Å². The number of urea groups is 1. The highest BCUT2D eigenvalue weighted by Crippen LogP contribution is 2.55. The van der Waals surface area contributed by atoms with Gasteiger partial charge < -0.3 is 10.6 Å². The van der Waals surface area contributed by atoms with Crippen LogP contribution in [0.15, 0.2) is 53.2 Å². The summed E-state index contributed by atoms with van der Waals surface area (Å²) in [5, 5.41) is 10.6. The fourth-order valence-electron chi connectivity index (χ4n) is 6.97. The maximum atomic E-state index is 13.0. The first-order valence-electron chi connectivity index (χ1n) is 12.1. The van der Waals surface area contributed by atoms with E-state index in [0.29, 0.717) is 0 Å². The summed E-state index contributed by atoms with van der Waals surface area (Å²) < 4.78 is 0. The van der Waals surface area contributed by atoms with Gasteiger partial charge in [-0.1, -0.05) is 12.1 Å². The molecule has 34 heavy (non-hydrogen) atoms. The first-order chi connectivity index (χ1) is 16.6. The maximum absolute atomic E-state index is 13.0. The highest BCUT2D eigenvalue weighted by Gasteiger charge is 2.51.